The van der Waals surface area contributed by atoms with Crippen LogP contribution in [0.25, 0.3) is 21.5 Å². The first-order valence-electron chi connectivity index (χ1n) is 11.2. The third-order valence-electron chi connectivity index (χ3n) is 6.01. The second kappa shape index (κ2) is 9.64. The molecule has 3 heterocycles. The van der Waals surface area contributed by atoms with Gasteiger partial charge in [-0.2, -0.15) is 10.2 Å². The summed E-state index contributed by atoms with van der Waals surface area (Å²) in [6.45, 7) is 4.67. The molecule has 5 rings (SSSR count). The molecule has 0 saturated carbocycles. The summed E-state index contributed by atoms with van der Waals surface area (Å²) in [5.41, 5.74) is 3.06. The van der Waals surface area contributed by atoms with Crippen LogP contribution in [0.1, 0.15) is 29.7 Å². The van der Waals surface area contributed by atoms with Crippen molar-refractivity contribution in [1.29, 1.82) is 5.26 Å². The van der Waals surface area contributed by atoms with Gasteiger partial charge in [0.25, 0.3) is 0 Å². The van der Waals surface area contributed by atoms with E-state index in [1.54, 1.807) is 6.07 Å². The van der Waals surface area contributed by atoms with Crippen molar-refractivity contribution in [2.45, 2.75) is 19.3 Å². The molecule has 0 amide bonds. The molecule has 0 spiro atoms. The summed E-state index contributed by atoms with van der Waals surface area (Å²) >= 11 is 1.51. The number of benzene rings is 2. The van der Waals surface area contributed by atoms with Crippen LogP contribution in [0.15, 0.2) is 42.5 Å². The van der Waals surface area contributed by atoms with E-state index < -0.39 is 17.5 Å². The first kappa shape index (κ1) is 23.3. The molecular weight excluding hydrogens is 473 g/mol. The van der Waals surface area contributed by atoms with E-state index in [2.05, 4.69) is 4.90 Å². The van der Waals surface area contributed by atoms with Gasteiger partial charge in [0, 0.05) is 30.6 Å². The van der Waals surface area contributed by atoms with Gasteiger partial charge in [-0.25, -0.2) is 18.2 Å². The van der Waals surface area contributed by atoms with Crippen LogP contribution in [0.5, 0.6) is 0 Å². The second-order valence-corrected chi connectivity index (χ2v) is 9.54. The molecule has 2 aromatic carbocycles. The minimum Gasteiger partial charge on any atom is -0.378 e. The molecule has 4 aromatic rings. The number of hydrogen-bond donors (Lipinski definition) is 0. The van der Waals surface area contributed by atoms with Gasteiger partial charge in [-0.1, -0.05) is 24.3 Å². The van der Waals surface area contributed by atoms with E-state index in [1.165, 1.54) is 35.6 Å². The average Bonchev–Trinajstić information content (AvgIpc) is 3.27. The molecule has 1 aliphatic heterocycles. The summed E-state index contributed by atoms with van der Waals surface area (Å²) in [6, 6.07) is 11.7. The topological polar surface area (TPSA) is 62.0 Å². The van der Waals surface area contributed by atoms with E-state index in [4.69, 9.17) is 14.7 Å². The quantitative estimate of drug-likeness (QED) is 0.349. The van der Waals surface area contributed by atoms with Crippen LogP contribution in [0.2, 0.25) is 0 Å². The molecule has 9 heteroatoms. The molecule has 0 radical (unpaired) electrons. The van der Waals surface area contributed by atoms with E-state index in [1.807, 2.05) is 19.1 Å². The Morgan fingerprint density at radius 1 is 1.06 bits per heavy atom. The Morgan fingerprint density at radius 2 is 1.80 bits per heavy atom. The minimum atomic E-state index is -0.636. The van der Waals surface area contributed by atoms with E-state index in [-0.39, 0.29) is 11.5 Å². The fourth-order valence-electron chi connectivity index (χ4n) is 4.32. The number of aromatic nitrogens is 2. The summed E-state index contributed by atoms with van der Waals surface area (Å²) in [4.78, 5) is 11.8. The first-order valence-corrected chi connectivity index (χ1v) is 12.0. The van der Waals surface area contributed by atoms with Crippen molar-refractivity contribution < 1.29 is 17.9 Å². The summed E-state index contributed by atoms with van der Waals surface area (Å²) in [6.07, 6.45) is 0.340. The molecule has 2 aromatic heterocycles. The summed E-state index contributed by atoms with van der Waals surface area (Å²) in [7, 11) is 0. The fraction of sp³-hybridized carbons (Fsp3) is 0.269. The monoisotopic (exact) mass is 494 g/mol. The maximum absolute atomic E-state index is 14.0. The van der Waals surface area contributed by atoms with Crippen molar-refractivity contribution in [3.63, 3.8) is 0 Å². The lowest BCUT2D eigenvalue weighted by atomic mass is 9.91. The molecule has 0 bridgehead atoms. The van der Waals surface area contributed by atoms with Gasteiger partial charge in [-0.15, -0.1) is 0 Å². The molecule has 0 aliphatic carbocycles. The zero-order valence-corrected chi connectivity index (χ0v) is 19.7. The molecular formula is C26H21F3N4OS. The fourth-order valence-corrected chi connectivity index (χ4v) is 5.32. The zero-order chi connectivity index (χ0) is 24.5. The highest BCUT2D eigenvalue weighted by Gasteiger charge is 2.21. The van der Waals surface area contributed by atoms with Crippen molar-refractivity contribution in [2.75, 3.05) is 31.2 Å². The third kappa shape index (κ3) is 4.85. The first-order chi connectivity index (χ1) is 16.9. The second-order valence-electron chi connectivity index (χ2n) is 8.53. The van der Waals surface area contributed by atoms with Crippen molar-refractivity contribution in [2.24, 2.45) is 0 Å². The van der Waals surface area contributed by atoms with Gasteiger partial charge in [-0.3, -0.25) is 0 Å². The van der Waals surface area contributed by atoms with Crippen molar-refractivity contribution >= 4 is 26.8 Å². The Morgan fingerprint density at radius 3 is 2.51 bits per heavy atom. The number of anilines is 1. The van der Waals surface area contributed by atoms with Crippen LogP contribution in [0.3, 0.4) is 0 Å². The molecule has 0 N–H and O–H groups in total. The molecule has 1 aliphatic rings. The van der Waals surface area contributed by atoms with Gasteiger partial charge < -0.3 is 9.64 Å². The lowest BCUT2D eigenvalue weighted by Gasteiger charge is -2.25. The average molecular weight is 495 g/mol. The predicted molar refractivity (Wildman–Crippen MR) is 129 cm³/mol. The molecule has 5 nitrogen and oxygen atoms in total. The van der Waals surface area contributed by atoms with Gasteiger partial charge in [0.15, 0.2) is 10.8 Å². The molecule has 178 valence electrons. The normalized spacial score (nSPS) is 14.8. The summed E-state index contributed by atoms with van der Waals surface area (Å²) in [5.74, 6) is -2.10. The van der Waals surface area contributed by atoms with Gasteiger partial charge >= 0.3 is 0 Å². The number of nitrogens with zero attached hydrogens (tertiary/aromatic N) is 4. The van der Waals surface area contributed by atoms with Crippen molar-refractivity contribution in [3.8, 4) is 17.2 Å². The number of thiazole rings is 1. The maximum Gasteiger partial charge on any atom is 0.188 e. The van der Waals surface area contributed by atoms with Gasteiger partial charge in [0.1, 0.15) is 23.5 Å². The van der Waals surface area contributed by atoms with E-state index in [9.17, 15) is 18.4 Å². The molecule has 35 heavy (non-hydrogen) atoms. The van der Waals surface area contributed by atoms with Crippen LogP contribution in [0.4, 0.5) is 18.3 Å². The number of fused-ring (bicyclic) bond motifs is 1. The predicted octanol–water partition coefficient (Wildman–Crippen LogP) is 5.83. The van der Waals surface area contributed by atoms with Gasteiger partial charge in [0.05, 0.1) is 29.2 Å². The Labute approximate surface area is 204 Å². The molecule has 1 fully saturated rings. The van der Waals surface area contributed by atoms with Gasteiger partial charge in [-0.05, 0) is 47.9 Å². The van der Waals surface area contributed by atoms with Crippen molar-refractivity contribution in [1.82, 2.24) is 9.97 Å². The Balaban J connectivity index is 1.61. The van der Waals surface area contributed by atoms with Crippen LogP contribution in [-0.2, 0) is 11.2 Å². The Kier molecular flexibility index (Phi) is 6.41. The van der Waals surface area contributed by atoms with Crippen molar-refractivity contribution in [3.05, 3.63) is 76.7 Å². The summed E-state index contributed by atoms with van der Waals surface area (Å²) < 4.78 is 47.9. The van der Waals surface area contributed by atoms with Crippen LogP contribution >= 0.6 is 11.3 Å². The largest absolute Gasteiger partial charge is 0.378 e. The highest BCUT2D eigenvalue weighted by molar-refractivity contribution is 7.22. The van der Waals surface area contributed by atoms with Gasteiger partial charge in [0.2, 0.25) is 0 Å². The number of pyridine rings is 1. The summed E-state index contributed by atoms with van der Waals surface area (Å²) in [5, 5.41) is 10.2. The Hall–Kier alpha value is -3.48. The Bertz CT molecular complexity index is 1420. The van der Waals surface area contributed by atoms with E-state index in [0.717, 1.165) is 34.6 Å². The number of rotatable bonds is 5. The standard InChI is InChI=1S/C26H21F3N4OS/c1-15(8-16-9-19(27)12-20(28)10-16)24-21(17-2-3-22(29)18(11-17)14-30)13-23-25(31-24)32-26(35-23)33-4-6-34-7-5-33/h2-3,9-13,15H,4-8H2,1H3. The molecule has 1 atom stereocenters. The number of ether oxygens (including phenoxy) is 1. The third-order valence-corrected chi connectivity index (χ3v) is 7.06. The van der Waals surface area contributed by atoms with E-state index >= 15 is 0 Å². The number of halogens is 3. The highest BCUT2D eigenvalue weighted by atomic mass is 32.1. The number of morpholine rings is 1. The minimum absolute atomic E-state index is 0.0632. The zero-order valence-electron chi connectivity index (χ0n) is 18.9. The maximum atomic E-state index is 14.0. The van der Waals surface area contributed by atoms with E-state index in [0.29, 0.717) is 42.1 Å². The SMILES string of the molecule is CC(Cc1cc(F)cc(F)c1)c1nc2nc(N3CCOCC3)sc2cc1-c1ccc(F)c(C#N)c1. The van der Waals surface area contributed by atoms with Crippen LogP contribution in [-0.4, -0.2) is 36.3 Å². The lowest BCUT2D eigenvalue weighted by Crippen LogP contribution is -2.36. The highest BCUT2D eigenvalue weighted by Crippen LogP contribution is 2.37. The number of nitriles is 1. The molecule has 1 saturated heterocycles. The van der Waals surface area contributed by atoms with Crippen LogP contribution < -0.4 is 4.90 Å². The van der Waals surface area contributed by atoms with Crippen LogP contribution in [0, 0.1) is 28.8 Å². The molecule has 1 unspecified atom stereocenters. The smallest absolute Gasteiger partial charge is 0.188 e. The lowest BCUT2D eigenvalue weighted by molar-refractivity contribution is 0.122. The number of hydrogen-bond acceptors (Lipinski definition) is 6.